The summed E-state index contributed by atoms with van der Waals surface area (Å²) in [4.78, 5) is 4.29. The summed E-state index contributed by atoms with van der Waals surface area (Å²) in [7, 11) is 1.53. The van der Waals surface area contributed by atoms with Crippen molar-refractivity contribution in [1.82, 2.24) is 9.55 Å². The van der Waals surface area contributed by atoms with E-state index in [1.54, 1.807) is 19.1 Å². The van der Waals surface area contributed by atoms with Crippen molar-refractivity contribution in [2.75, 3.05) is 7.11 Å². The van der Waals surface area contributed by atoms with Gasteiger partial charge >= 0.3 is 6.18 Å². The zero-order valence-electron chi connectivity index (χ0n) is 11.6. The van der Waals surface area contributed by atoms with Crippen LogP contribution >= 0.6 is 0 Å². The number of hydrogen-bond acceptors (Lipinski definition) is 3. The molecule has 0 spiro atoms. The van der Waals surface area contributed by atoms with Crippen LogP contribution in [0.15, 0.2) is 30.6 Å². The first-order valence-corrected chi connectivity index (χ1v) is 6.21. The smallest absolute Gasteiger partial charge is 0.418 e. The molecule has 114 valence electrons. The molecule has 2 aromatic heterocycles. The van der Waals surface area contributed by atoms with Crippen LogP contribution in [0.25, 0.3) is 0 Å². The number of aryl methyl sites for hydroxylation is 1. The Kier molecular flexibility index (Phi) is 4.22. The number of alkyl halides is 3. The fourth-order valence-electron chi connectivity index (χ4n) is 2.00. The molecule has 0 aliphatic carbocycles. The number of aliphatic hydroxyl groups is 1. The van der Waals surface area contributed by atoms with Crippen molar-refractivity contribution in [3.8, 4) is 5.75 Å². The minimum atomic E-state index is -4.67. The van der Waals surface area contributed by atoms with E-state index < -0.39 is 12.3 Å². The fraction of sp³-hybridized carbons (Fsp3) is 0.357. The van der Waals surface area contributed by atoms with E-state index in [0.717, 1.165) is 5.69 Å². The first kappa shape index (κ1) is 15.4. The number of halogens is 3. The predicted octanol–water partition coefficient (Wildman–Crippen LogP) is 2.84. The Bertz CT molecular complexity index is 623. The van der Waals surface area contributed by atoms with E-state index in [0.29, 0.717) is 18.0 Å². The minimum Gasteiger partial charge on any atom is -0.497 e. The van der Waals surface area contributed by atoms with Crippen LogP contribution in [-0.2, 0) is 6.54 Å². The van der Waals surface area contributed by atoms with Crippen LogP contribution < -0.4 is 4.74 Å². The number of ether oxygens (including phenoxy) is 1. The number of methoxy groups -OCH3 is 1. The third-order valence-corrected chi connectivity index (χ3v) is 2.96. The van der Waals surface area contributed by atoms with Gasteiger partial charge in [0.25, 0.3) is 0 Å². The summed E-state index contributed by atoms with van der Waals surface area (Å²) in [5, 5.41) is 9.19. The summed E-state index contributed by atoms with van der Waals surface area (Å²) < 4.78 is 44.0. The molecule has 1 unspecified atom stereocenters. The second-order valence-electron chi connectivity index (χ2n) is 4.70. The normalized spacial score (nSPS) is 13.2. The van der Waals surface area contributed by atoms with Crippen molar-refractivity contribution >= 4 is 0 Å². The summed E-state index contributed by atoms with van der Waals surface area (Å²) in [5.41, 5.74) is 1.23. The highest BCUT2D eigenvalue weighted by Crippen LogP contribution is 2.32. The first-order chi connectivity index (χ1) is 9.79. The summed E-state index contributed by atoms with van der Waals surface area (Å²) in [5.74, 6) is 0.639. The molecule has 0 saturated carbocycles. The third-order valence-electron chi connectivity index (χ3n) is 2.96. The van der Waals surface area contributed by atoms with Gasteiger partial charge in [-0.25, -0.2) is 0 Å². The lowest BCUT2D eigenvalue weighted by atomic mass is 10.2. The Labute approximate surface area is 119 Å². The molecule has 0 aromatic carbocycles. The van der Waals surface area contributed by atoms with Crippen LogP contribution in [0.2, 0.25) is 0 Å². The fourth-order valence-corrected chi connectivity index (χ4v) is 2.00. The highest BCUT2D eigenvalue weighted by Gasteiger charge is 2.39. The molecule has 1 atom stereocenters. The molecule has 2 rings (SSSR count). The van der Waals surface area contributed by atoms with E-state index >= 15 is 0 Å². The van der Waals surface area contributed by atoms with Crippen molar-refractivity contribution in [3.05, 3.63) is 47.5 Å². The van der Waals surface area contributed by atoms with Crippen molar-refractivity contribution in [3.63, 3.8) is 0 Å². The molecule has 21 heavy (non-hydrogen) atoms. The number of rotatable bonds is 4. The molecular weight excluding hydrogens is 285 g/mol. The number of nitrogens with zero attached hydrogens (tertiary/aromatic N) is 2. The summed E-state index contributed by atoms with van der Waals surface area (Å²) in [6, 6.07) is 4.72. The van der Waals surface area contributed by atoms with Crippen molar-refractivity contribution in [2.24, 2.45) is 0 Å². The van der Waals surface area contributed by atoms with Gasteiger partial charge in [0.15, 0.2) is 6.10 Å². The van der Waals surface area contributed by atoms with Crippen molar-refractivity contribution < 1.29 is 23.0 Å². The number of hydrogen-bond donors (Lipinski definition) is 1. The molecule has 0 radical (unpaired) electrons. The van der Waals surface area contributed by atoms with Crippen LogP contribution in [0.5, 0.6) is 5.75 Å². The quantitative estimate of drug-likeness (QED) is 0.944. The maximum absolute atomic E-state index is 12.4. The molecular formula is C14H15F3N2O2. The zero-order valence-corrected chi connectivity index (χ0v) is 11.6. The van der Waals surface area contributed by atoms with Gasteiger partial charge in [-0.3, -0.25) is 4.98 Å². The second-order valence-corrected chi connectivity index (χ2v) is 4.70. The predicted molar refractivity (Wildman–Crippen MR) is 70.1 cm³/mol. The molecule has 2 aromatic rings. The number of aliphatic hydroxyl groups excluding tert-OH is 1. The van der Waals surface area contributed by atoms with E-state index in [2.05, 4.69) is 4.98 Å². The van der Waals surface area contributed by atoms with Gasteiger partial charge < -0.3 is 14.4 Å². The molecule has 0 aliphatic heterocycles. The van der Waals surface area contributed by atoms with E-state index in [1.165, 1.54) is 30.1 Å². The standard InChI is InChI=1S/C14H15F3N2O2/c1-9-5-12(21-2)6-11(18-9)8-19-4-3-10(7-19)13(20)14(15,16)17/h3-7,13,20H,8H2,1-2H3. The number of aromatic nitrogens is 2. The summed E-state index contributed by atoms with van der Waals surface area (Å²) >= 11 is 0. The highest BCUT2D eigenvalue weighted by molar-refractivity contribution is 5.27. The van der Waals surface area contributed by atoms with Gasteiger partial charge in [0.05, 0.1) is 19.3 Å². The number of pyridine rings is 1. The third kappa shape index (κ3) is 3.75. The Morgan fingerprint density at radius 3 is 2.71 bits per heavy atom. The average molecular weight is 300 g/mol. The Hall–Kier alpha value is -2.02. The van der Waals surface area contributed by atoms with Gasteiger partial charge in [0, 0.05) is 35.8 Å². The first-order valence-electron chi connectivity index (χ1n) is 6.21. The lowest BCUT2D eigenvalue weighted by molar-refractivity contribution is -0.206. The molecule has 0 fully saturated rings. The second kappa shape index (κ2) is 5.77. The average Bonchev–Trinajstić information content (AvgIpc) is 2.84. The van der Waals surface area contributed by atoms with Gasteiger partial charge in [0.1, 0.15) is 5.75 Å². The van der Waals surface area contributed by atoms with Crippen molar-refractivity contribution in [1.29, 1.82) is 0 Å². The monoisotopic (exact) mass is 300 g/mol. The molecule has 4 nitrogen and oxygen atoms in total. The Balaban J connectivity index is 2.18. The van der Waals surface area contributed by atoms with Crippen LogP contribution in [0.1, 0.15) is 23.1 Å². The zero-order chi connectivity index (χ0) is 15.6. The van der Waals surface area contributed by atoms with Crippen LogP contribution in [0.4, 0.5) is 13.2 Å². The SMILES string of the molecule is COc1cc(C)nc(Cn2ccc(C(O)C(F)(F)F)c2)c1. The molecule has 0 saturated heterocycles. The van der Waals surface area contributed by atoms with Gasteiger partial charge in [-0.05, 0) is 13.0 Å². The molecule has 7 heteroatoms. The molecule has 2 heterocycles. The van der Waals surface area contributed by atoms with Gasteiger partial charge in [-0.1, -0.05) is 0 Å². The molecule has 0 aliphatic rings. The topological polar surface area (TPSA) is 47.3 Å². The lowest BCUT2D eigenvalue weighted by Gasteiger charge is -2.12. The molecule has 0 amide bonds. The lowest BCUT2D eigenvalue weighted by Crippen LogP contribution is -2.19. The summed E-state index contributed by atoms with van der Waals surface area (Å²) in [6.07, 6.45) is -4.41. The molecule has 1 N–H and O–H groups in total. The van der Waals surface area contributed by atoms with Crippen LogP contribution in [0.3, 0.4) is 0 Å². The largest absolute Gasteiger partial charge is 0.497 e. The van der Waals surface area contributed by atoms with Crippen LogP contribution in [0, 0.1) is 6.92 Å². The van der Waals surface area contributed by atoms with Gasteiger partial charge in [-0.15, -0.1) is 0 Å². The van der Waals surface area contributed by atoms with E-state index in [9.17, 15) is 18.3 Å². The van der Waals surface area contributed by atoms with Crippen molar-refractivity contribution in [2.45, 2.75) is 25.7 Å². The van der Waals surface area contributed by atoms with E-state index in [1.807, 2.05) is 0 Å². The summed E-state index contributed by atoms with van der Waals surface area (Å²) in [6.45, 7) is 2.10. The maximum atomic E-state index is 12.4. The van der Waals surface area contributed by atoms with E-state index in [-0.39, 0.29) is 5.56 Å². The minimum absolute atomic E-state index is 0.192. The Morgan fingerprint density at radius 2 is 2.10 bits per heavy atom. The molecule has 0 bridgehead atoms. The van der Waals surface area contributed by atoms with Gasteiger partial charge in [0.2, 0.25) is 0 Å². The highest BCUT2D eigenvalue weighted by atomic mass is 19.4. The van der Waals surface area contributed by atoms with Crippen LogP contribution in [-0.4, -0.2) is 27.9 Å². The Morgan fingerprint density at radius 1 is 1.38 bits per heavy atom. The van der Waals surface area contributed by atoms with Gasteiger partial charge in [-0.2, -0.15) is 13.2 Å². The van der Waals surface area contributed by atoms with E-state index in [4.69, 9.17) is 4.74 Å². The maximum Gasteiger partial charge on any atom is 0.418 e.